The third-order valence-corrected chi connectivity index (χ3v) is 2.18. The predicted molar refractivity (Wildman–Crippen MR) is 59.3 cm³/mol. The van der Waals surface area contributed by atoms with E-state index in [1.54, 1.807) is 6.92 Å². The van der Waals surface area contributed by atoms with Gasteiger partial charge in [0.1, 0.15) is 0 Å². The Morgan fingerprint density at radius 1 is 1.28 bits per heavy atom. The molecule has 0 bridgehead atoms. The summed E-state index contributed by atoms with van der Waals surface area (Å²) in [4.78, 5) is 11.0. The number of carbonyl (C=O) groups excluding carboxylic acids is 1. The highest BCUT2D eigenvalue weighted by Crippen LogP contribution is 2.13. The van der Waals surface area contributed by atoms with Gasteiger partial charge in [-0.3, -0.25) is 4.79 Å². The van der Waals surface area contributed by atoms with Gasteiger partial charge >= 0.3 is 5.97 Å². The van der Waals surface area contributed by atoms with Gasteiger partial charge in [0.2, 0.25) is 0 Å². The van der Waals surface area contributed by atoms with Crippen LogP contribution in [0.3, 0.4) is 0 Å². The summed E-state index contributed by atoms with van der Waals surface area (Å²) >= 11 is 0. The van der Waals surface area contributed by atoms with Crippen molar-refractivity contribution in [2.75, 3.05) is 13.2 Å². The molecule has 0 aliphatic heterocycles. The first-order valence-corrected chi connectivity index (χ1v) is 5.54. The molecule has 0 amide bonds. The van der Waals surface area contributed by atoms with E-state index in [1.807, 2.05) is 0 Å². The van der Waals surface area contributed by atoms with Crippen LogP contribution < -0.4 is 5.32 Å². The summed E-state index contributed by atoms with van der Waals surface area (Å²) in [7, 11) is 0. The van der Waals surface area contributed by atoms with Crippen LogP contribution in [0.4, 0.5) is 13.2 Å². The molecule has 0 atom stereocenters. The minimum absolute atomic E-state index is 0.146. The molecule has 1 rings (SSSR count). The Morgan fingerprint density at radius 3 is 2.44 bits per heavy atom. The fourth-order valence-electron chi connectivity index (χ4n) is 1.37. The molecule has 0 saturated heterocycles. The van der Waals surface area contributed by atoms with Gasteiger partial charge < -0.3 is 10.1 Å². The smallest absolute Gasteiger partial charge is 0.307 e. The van der Waals surface area contributed by atoms with E-state index in [2.05, 4.69) is 5.32 Å². The van der Waals surface area contributed by atoms with Gasteiger partial charge in [0.15, 0.2) is 17.5 Å². The zero-order chi connectivity index (χ0) is 13.5. The van der Waals surface area contributed by atoms with Crippen molar-refractivity contribution in [2.24, 2.45) is 0 Å². The minimum Gasteiger partial charge on any atom is -0.466 e. The van der Waals surface area contributed by atoms with Gasteiger partial charge in [0.05, 0.1) is 13.0 Å². The summed E-state index contributed by atoms with van der Waals surface area (Å²) in [5.41, 5.74) is 0.273. The van der Waals surface area contributed by atoms with Crippen molar-refractivity contribution in [2.45, 2.75) is 19.9 Å². The molecule has 0 fully saturated rings. The summed E-state index contributed by atoms with van der Waals surface area (Å²) in [5.74, 6) is -4.28. The first-order valence-electron chi connectivity index (χ1n) is 5.54. The molecular formula is C12H14F3NO2. The third-order valence-electron chi connectivity index (χ3n) is 2.18. The summed E-state index contributed by atoms with van der Waals surface area (Å²) in [6.07, 6.45) is 0.167. The fraction of sp³-hybridized carbons (Fsp3) is 0.417. The molecule has 0 heterocycles. The first-order chi connectivity index (χ1) is 8.54. The van der Waals surface area contributed by atoms with Crippen LogP contribution in [0.5, 0.6) is 0 Å². The number of rotatable bonds is 6. The molecular weight excluding hydrogens is 247 g/mol. The quantitative estimate of drug-likeness (QED) is 0.484. The van der Waals surface area contributed by atoms with E-state index in [4.69, 9.17) is 4.74 Å². The maximum atomic E-state index is 12.9. The van der Waals surface area contributed by atoms with Crippen molar-refractivity contribution in [1.29, 1.82) is 0 Å². The van der Waals surface area contributed by atoms with Crippen LogP contribution >= 0.6 is 0 Å². The molecule has 1 aromatic rings. The number of carbonyl (C=O) groups is 1. The summed E-state index contributed by atoms with van der Waals surface area (Å²) in [6, 6.07) is 1.82. The lowest BCUT2D eigenvalue weighted by molar-refractivity contribution is -0.142. The highest BCUT2D eigenvalue weighted by molar-refractivity contribution is 5.69. The maximum Gasteiger partial charge on any atom is 0.307 e. The van der Waals surface area contributed by atoms with Gasteiger partial charge in [-0.2, -0.15) is 0 Å². The molecule has 0 spiro atoms. The monoisotopic (exact) mass is 261 g/mol. The SMILES string of the molecule is CCOC(=O)CCNCc1cc(F)c(F)c(F)c1. The number of benzene rings is 1. The van der Waals surface area contributed by atoms with Crippen LogP contribution in [0.2, 0.25) is 0 Å². The largest absolute Gasteiger partial charge is 0.466 e. The normalized spacial score (nSPS) is 10.4. The van der Waals surface area contributed by atoms with Crippen LogP contribution in [0.15, 0.2) is 12.1 Å². The molecule has 100 valence electrons. The molecule has 18 heavy (non-hydrogen) atoms. The standard InChI is InChI=1S/C12H14F3NO2/c1-2-18-11(17)3-4-16-7-8-5-9(13)12(15)10(14)6-8/h5-6,16H,2-4,7H2,1H3. The van der Waals surface area contributed by atoms with Crippen molar-refractivity contribution in [3.8, 4) is 0 Å². The number of esters is 1. The second-order valence-electron chi connectivity index (χ2n) is 3.61. The number of nitrogens with one attached hydrogen (secondary N) is 1. The van der Waals surface area contributed by atoms with Gasteiger partial charge in [-0.25, -0.2) is 13.2 Å². The topological polar surface area (TPSA) is 38.3 Å². The van der Waals surface area contributed by atoms with E-state index >= 15 is 0 Å². The zero-order valence-corrected chi connectivity index (χ0v) is 9.93. The summed E-state index contributed by atoms with van der Waals surface area (Å²) < 4.78 is 43.1. The first kappa shape index (κ1) is 14.5. The van der Waals surface area contributed by atoms with E-state index in [0.29, 0.717) is 13.2 Å². The molecule has 0 saturated carbocycles. The highest BCUT2D eigenvalue weighted by atomic mass is 19.2. The zero-order valence-electron chi connectivity index (χ0n) is 9.93. The molecule has 0 aliphatic rings. The van der Waals surface area contributed by atoms with Gasteiger partial charge in [-0.1, -0.05) is 0 Å². The van der Waals surface area contributed by atoms with Crippen LogP contribution in [0.1, 0.15) is 18.9 Å². The predicted octanol–water partition coefficient (Wildman–Crippen LogP) is 2.15. The highest BCUT2D eigenvalue weighted by Gasteiger charge is 2.10. The average molecular weight is 261 g/mol. The van der Waals surface area contributed by atoms with E-state index in [-0.39, 0.29) is 24.5 Å². The molecule has 1 aromatic carbocycles. The Balaban J connectivity index is 2.38. The summed E-state index contributed by atoms with van der Waals surface area (Å²) in [5, 5.41) is 2.81. The lowest BCUT2D eigenvalue weighted by atomic mass is 10.2. The Morgan fingerprint density at radius 2 is 1.89 bits per heavy atom. The number of halogens is 3. The third kappa shape index (κ3) is 4.37. The molecule has 1 N–H and O–H groups in total. The van der Waals surface area contributed by atoms with Crippen molar-refractivity contribution in [1.82, 2.24) is 5.32 Å². The van der Waals surface area contributed by atoms with Gasteiger partial charge in [0, 0.05) is 13.1 Å². The Kier molecular flexibility index (Phi) is 5.64. The molecule has 0 aromatic heterocycles. The second-order valence-corrected chi connectivity index (χ2v) is 3.61. The molecule has 6 heteroatoms. The lowest BCUT2D eigenvalue weighted by Crippen LogP contribution is -2.19. The molecule has 0 unspecified atom stereocenters. The van der Waals surface area contributed by atoms with Crippen molar-refractivity contribution in [3.05, 3.63) is 35.1 Å². The molecule has 0 radical (unpaired) electrons. The lowest BCUT2D eigenvalue weighted by Gasteiger charge is -2.06. The summed E-state index contributed by atoms with van der Waals surface area (Å²) in [6.45, 7) is 2.48. The fourth-order valence-corrected chi connectivity index (χ4v) is 1.37. The van der Waals surface area contributed by atoms with E-state index in [9.17, 15) is 18.0 Å². The van der Waals surface area contributed by atoms with E-state index in [0.717, 1.165) is 12.1 Å². The number of hydrogen-bond donors (Lipinski definition) is 1. The van der Waals surface area contributed by atoms with E-state index < -0.39 is 17.5 Å². The van der Waals surface area contributed by atoms with Crippen LogP contribution in [0.25, 0.3) is 0 Å². The van der Waals surface area contributed by atoms with Crippen LogP contribution in [-0.4, -0.2) is 19.1 Å². The van der Waals surface area contributed by atoms with Crippen LogP contribution in [0, 0.1) is 17.5 Å². The maximum absolute atomic E-state index is 12.9. The second kappa shape index (κ2) is 7.00. The average Bonchev–Trinajstić information content (AvgIpc) is 2.32. The Labute approximate surface area is 103 Å². The Bertz CT molecular complexity index is 401. The van der Waals surface area contributed by atoms with Crippen molar-refractivity contribution >= 4 is 5.97 Å². The molecule has 3 nitrogen and oxygen atoms in total. The number of hydrogen-bond acceptors (Lipinski definition) is 3. The van der Waals surface area contributed by atoms with Crippen molar-refractivity contribution < 1.29 is 22.7 Å². The van der Waals surface area contributed by atoms with Crippen LogP contribution in [-0.2, 0) is 16.1 Å². The molecule has 0 aliphatic carbocycles. The van der Waals surface area contributed by atoms with Crippen molar-refractivity contribution in [3.63, 3.8) is 0 Å². The Hall–Kier alpha value is -1.56. The van der Waals surface area contributed by atoms with E-state index in [1.165, 1.54) is 0 Å². The van der Waals surface area contributed by atoms with Gasteiger partial charge in [0.25, 0.3) is 0 Å². The minimum atomic E-state index is -1.48. The number of ether oxygens (including phenoxy) is 1. The van der Waals surface area contributed by atoms with Gasteiger partial charge in [-0.15, -0.1) is 0 Å². The van der Waals surface area contributed by atoms with Gasteiger partial charge in [-0.05, 0) is 24.6 Å².